The summed E-state index contributed by atoms with van der Waals surface area (Å²) in [6.07, 6.45) is 1.11. The number of aliphatic hydroxyl groups excluding tert-OH is 1. The molecular formula is C12H11NO3. The molecule has 1 aliphatic rings. The zero-order valence-corrected chi connectivity index (χ0v) is 8.59. The van der Waals surface area contributed by atoms with Gasteiger partial charge in [0, 0.05) is 18.5 Å². The number of carbonyl (C=O) groups is 1. The van der Waals surface area contributed by atoms with Crippen LogP contribution in [0, 0.1) is 0 Å². The number of hydrogen-bond acceptors (Lipinski definition) is 3. The minimum Gasteiger partial charge on any atom is -0.463 e. The molecule has 4 nitrogen and oxygen atoms in total. The van der Waals surface area contributed by atoms with Crippen LogP contribution in [0.2, 0.25) is 0 Å². The van der Waals surface area contributed by atoms with Gasteiger partial charge in [0.15, 0.2) is 0 Å². The highest BCUT2D eigenvalue weighted by Gasteiger charge is 2.30. The molecule has 1 aromatic heterocycles. The van der Waals surface area contributed by atoms with Gasteiger partial charge in [0.1, 0.15) is 11.8 Å². The number of para-hydroxylation sites is 1. The van der Waals surface area contributed by atoms with Crippen molar-refractivity contribution < 1.29 is 14.3 Å². The number of furan rings is 1. The Morgan fingerprint density at radius 3 is 2.88 bits per heavy atom. The number of benzene rings is 1. The molecule has 1 aliphatic heterocycles. The molecule has 3 rings (SSSR count). The minimum atomic E-state index is -0.373. The Hall–Kier alpha value is -1.81. The van der Waals surface area contributed by atoms with Crippen LogP contribution < -0.4 is 0 Å². The molecule has 82 valence electrons. The third-order valence-electron chi connectivity index (χ3n) is 2.86. The molecule has 1 amide bonds. The fraction of sp³-hybridized carbons (Fsp3) is 0.250. The molecule has 1 fully saturated rings. The van der Waals surface area contributed by atoms with Crippen LogP contribution in [0.5, 0.6) is 0 Å². The topological polar surface area (TPSA) is 53.7 Å². The fourth-order valence-corrected chi connectivity index (χ4v) is 1.93. The Kier molecular flexibility index (Phi) is 1.97. The Morgan fingerprint density at radius 2 is 2.12 bits per heavy atom. The summed E-state index contributed by atoms with van der Waals surface area (Å²) in [5.41, 5.74) is 1.29. The third kappa shape index (κ3) is 1.31. The molecule has 0 saturated carbocycles. The van der Waals surface area contributed by atoms with E-state index in [0.717, 1.165) is 5.39 Å². The number of fused-ring (bicyclic) bond motifs is 1. The number of carbonyl (C=O) groups excluding carboxylic acids is 1. The maximum atomic E-state index is 12.0. The largest absolute Gasteiger partial charge is 0.463 e. The van der Waals surface area contributed by atoms with Crippen LogP contribution in [0.3, 0.4) is 0 Å². The Bertz CT molecular complexity index is 540. The van der Waals surface area contributed by atoms with Crippen LogP contribution in [-0.2, 0) is 0 Å². The van der Waals surface area contributed by atoms with Gasteiger partial charge in [-0.05, 0) is 6.07 Å². The van der Waals surface area contributed by atoms with E-state index in [1.807, 2.05) is 24.3 Å². The van der Waals surface area contributed by atoms with Gasteiger partial charge >= 0.3 is 0 Å². The highest BCUT2D eigenvalue weighted by atomic mass is 16.3. The summed E-state index contributed by atoms with van der Waals surface area (Å²) in [5, 5.41) is 9.99. The molecule has 0 atom stereocenters. The summed E-state index contributed by atoms with van der Waals surface area (Å²) in [7, 11) is 0. The van der Waals surface area contributed by atoms with Crippen molar-refractivity contribution in [2.75, 3.05) is 13.1 Å². The lowest BCUT2D eigenvalue weighted by molar-refractivity contribution is 0.00596. The maximum absolute atomic E-state index is 12.0. The van der Waals surface area contributed by atoms with Crippen molar-refractivity contribution in [3.63, 3.8) is 0 Å². The lowest BCUT2D eigenvalue weighted by Crippen LogP contribution is -2.53. The van der Waals surface area contributed by atoms with Gasteiger partial charge in [-0.15, -0.1) is 0 Å². The molecule has 0 aliphatic carbocycles. The second kappa shape index (κ2) is 3.35. The molecule has 0 bridgehead atoms. The van der Waals surface area contributed by atoms with E-state index in [9.17, 15) is 4.79 Å². The van der Waals surface area contributed by atoms with E-state index in [1.165, 1.54) is 6.26 Å². The van der Waals surface area contributed by atoms with Crippen LogP contribution in [0.15, 0.2) is 34.9 Å². The molecule has 0 spiro atoms. The molecule has 0 radical (unpaired) electrons. The quantitative estimate of drug-likeness (QED) is 0.782. The predicted molar refractivity (Wildman–Crippen MR) is 58.1 cm³/mol. The van der Waals surface area contributed by atoms with Gasteiger partial charge < -0.3 is 14.4 Å². The first-order valence-electron chi connectivity index (χ1n) is 5.19. The second-order valence-corrected chi connectivity index (χ2v) is 4.01. The van der Waals surface area contributed by atoms with Crippen LogP contribution in [0.4, 0.5) is 0 Å². The summed E-state index contributed by atoms with van der Waals surface area (Å²) < 4.78 is 5.31. The first-order chi connectivity index (χ1) is 7.75. The van der Waals surface area contributed by atoms with E-state index in [4.69, 9.17) is 9.52 Å². The van der Waals surface area contributed by atoms with E-state index in [0.29, 0.717) is 24.2 Å². The number of hydrogen-bond donors (Lipinski definition) is 1. The highest BCUT2D eigenvalue weighted by molar-refractivity contribution is 6.06. The highest BCUT2D eigenvalue weighted by Crippen LogP contribution is 2.23. The molecule has 4 heteroatoms. The number of amides is 1. The zero-order valence-electron chi connectivity index (χ0n) is 8.59. The van der Waals surface area contributed by atoms with Crippen molar-refractivity contribution in [3.05, 3.63) is 36.1 Å². The van der Waals surface area contributed by atoms with Gasteiger partial charge in [0.25, 0.3) is 5.91 Å². The number of nitrogens with zero attached hydrogens (tertiary/aromatic N) is 1. The van der Waals surface area contributed by atoms with Gasteiger partial charge in [-0.2, -0.15) is 0 Å². The van der Waals surface area contributed by atoms with Crippen molar-refractivity contribution in [2.45, 2.75) is 6.10 Å². The summed E-state index contributed by atoms with van der Waals surface area (Å²) in [5.74, 6) is -0.0738. The SMILES string of the molecule is O=C(c1coc2ccccc12)N1CC(O)C1. The van der Waals surface area contributed by atoms with E-state index in [2.05, 4.69) is 0 Å². The molecule has 1 saturated heterocycles. The number of aliphatic hydroxyl groups is 1. The van der Waals surface area contributed by atoms with Crippen molar-refractivity contribution >= 4 is 16.9 Å². The lowest BCUT2D eigenvalue weighted by Gasteiger charge is -2.35. The Labute approximate surface area is 92.1 Å². The van der Waals surface area contributed by atoms with E-state index < -0.39 is 0 Å². The second-order valence-electron chi connectivity index (χ2n) is 4.01. The Balaban J connectivity index is 1.97. The van der Waals surface area contributed by atoms with E-state index in [-0.39, 0.29) is 12.0 Å². The fourth-order valence-electron chi connectivity index (χ4n) is 1.93. The van der Waals surface area contributed by atoms with Crippen LogP contribution in [-0.4, -0.2) is 35.1 Å². The molecule has 0 unspecified atom stereocenters. The first-order valence-corrected chi connectivity index (χ1v) is 5.19. The number of β-amino-alcohol motifs (C(OH)–C–C–N with tert-alkyl or cyclic N) is 1. The van der Waals surface area contributed by atoms with Crippen LogP contribution in [0.25, 0.3) is 11.0 Å². The maximum Gasteiger partial charge on any atom is 0.257 e. The smallest absolute Gasteiger partial charge is 0.257 e. The van der Waals surface area contributed by atoms with Gasteiger partial charge in [0.2, 0.25) is 0 Å². The van der Waals surface area contributed by atoms with Crippen molar-refractivity contribution in [1.29, 1.82) is 0 Å². The zero-order chi connectivity index (χ0) is 11.1. The first kappa shape index (κ1) is 9.42. The van der Waals surface area contributed by atoms with Crippen molar-refractivity contribution in [1.82, 2.24) is 4.90 Å². The predicted octanol–water partition coefficient (Wildman–Crippen LogP) is 1.25. The summed E-state index contributed by atoms with van der Waals surface area (Å²) >= 11 is 0. The molecular weight excluding hydrogens is 206 g/mol. The average molecular weight is 217 g/mol. The number of likely N-dealkylation sites (tertiary alicyclic amines) is 1. The molecule has 16 heavy (non-hydrogen) atoms. The molecule has 2 heterocycles. The standard InChI is InChI=1S/C12H11NO3/c14-8-5-13(6-8)12(15)10-7-16-11-4-2-1-3-9(10)11/h1-4,7-8,14H,5-6H2. The van der Waals surface area contributed by atoms with Crippen molar-refractivity contribution in [3.8, 4) is 0 Å². The Morgan fingerprint density at radius 1 is 1.38 bits per heavy atom. The van der Waals surface area contributed by atoms with Crippen LogP contribution >= 0.6 is 0 Å². The summed E-state index contributed by atoms with van der Waals surface area (Å²) in [4.78, 5) is 13.6. The monoisotopic (exact) mass is 217 g/mol. The average Bonchev–Trinajstić information content (AvgIpc) is 2.67. The van der Waals surface area contributed by atoms with E-state index >= 15 is 0 Å². The third-order valence-corrected chi connectivity index (χ3v) is 2.86. The van der Waals surface area contributed by atoms with Crippen LogP contribution in [0.1, 0.15) is 10.4 Å². The van der Waals surface area contributed by atoms with Crippen molar-refractivity contribution in [2.24, 2.45) is 0 Å². The normalized spacial score (nSPS) is 16.4. The lowest BCUT2D eigenvalue weighted by atomic mass is 10.1. The molecule has 2 aromatic rings. The van der Waals surface area contributed by atoms with Gasteiger partial charge in [0.05, 0.1) is 11.7 Å². The minimum absolute atomic E-state index is 0.0738. The van der Waals surface area contributed by atoms with Gasteiger partial charge in [-0.3, -0.25) is 4.79 Å². The number of rotatable bonds is 1. The van der Waals surface area contributed by atoms with Gasteiger partial charge in [-0.1, -0.05) is 18.2 Å². The summed E-state index contributed by atoms with van der Waals surface area (Å²) in [6.45, 7) is 0.830. The van der Waals surface area contributed by atoms with Gasteiger partial charge in [-0.25, -0.2) is 0 Å². The molecule has 1 N–H and O–H groups in total. The molecule has 1 aromatic carbocycles. The van der Waals surface area contributed by atoms with E-state index in [1.54, 1.807) is 4.90 Å². The summed E-state index contributed by atoms with van der Waals surface area (Å²) in [6, 6.07) is 7.44.